The molecule has 0 fully saturated rings. The van der Waals surface area contributed by atoms with Gasteiger partial charge in [0.25, 0.3) is 0 Å². The van der Waals surface area contributed by atoms with Gasteiger partial charge in [0, 0.05) is 6.20 Å². The molecule has 0 saturated carbocycles. The molecule has 0 atom stereocenters. The van der Waals surface area contributed by atoms with Crippen molar-refractivity contribution in [2.24, 2.45) is 0 Å². The third kappa shape index (κ3) is 2.09. The van der Waals surface area contributed by atoms with Crippen molar-refractivity contribution in [3.05, 3.63) is 30.1 Å². The van der Waals surface area contributed by atoms with Gasteiger partial charge < -0.3 is 5.11 Å². The minimum atomic E-state index is -1.11. The van der Waals surface area contributed by atoms with Crippen molar-refractivity contribution in [1.82, 2.24) is 20.0 Å². The number of carboxylic acid groups (broad SMARTS) is 1. The van der Waals surface area contributed by atoms with E-state index in [1.54, 1.807) is 29.1 Å². The molecule has 0 aliphatic carbocycles. The van der Waals surface area contributed by atoms with Crippen molar-refractivity contribution in [3.8, 4) is 11.4 Å². The predicted octanol–water partition coefficient (Wildman–Crippen LogP) is 1.79. The Morgan fingerprint density at radius 1 is 1.33 bits per heavy atom. The van der Waals surface area contributed by atoms with Gasteiger partial charge >= 0.3 is 5.97 Å². The summed E-state index contributed by atoms with van der Waals surface area (Å²) in [4.78, 5) is 15.4. The molecule has 2 aromatic heterocycles. The van der Waals surface area contributed by atoms with Crippen molar-refractivity contribution in [3.63, 3.8) is 0 Å². The van der Waals surface area contributed by atoms with E-state index in [9.17, 15) is 4.79 Å². The van der Waals surface area contributed by atoms with Gasteiger partial charge in [0.2, 0.25) is 0 Å². The second-order valence-corrected chi connectivity index (χ2v) is 4.89. The fourth-order valence-electron chi connectivity index (χ4n) is 1.63. The van der Waals surface area contributed by atoms with E-state index >= 15 is 0 Å². The van der Waals surface area contributed by atoms with Crippen LogP contribution in [0.2, 0.25) is 0 Å². The molecule has 6 nitrogen and oxygen atoms in total. The van der Waals surface area contributed by atoms with Crippen LogP contribution < -0.4 is 0 Å². The zero-order chi connectivity index (χ0) is 13.3. The normalized spacial score (nSPS) is 11.5. The lowest BCUT2D eigenvalue weighted by Gasteiger charge is -2.21. The Bertz CT molecular complexity index is 570. The summed E-state index contributed by atoms with van der Waals surface area (Å²) in [6, 6.07) is 5.32. The van der Waals surface area contributed by atoms with Crippen molar-refractivity contribution < 1.29 is 9.90 Å². The molecule has 2 rings (SSSR count). The highest BCUT2D eigenvalue weighted by atomic mass is 16.4. The van der Waals surface area contributed by atoms with E-state index in [-0.39, 0.29) is 11.2 Å². The molecule has 0 aliphatic rings. The number of carboxylic acids is 1. The summed E-state index contributed by atoms with van der Waals surface area (Å²) in [5, 5.41) is 16.8. The number of aromatic nitrogens is 4. The fourth-order valence-corrected chi connectivity index (χ4v) is 1.63. The lowest BCUT2D eigenvalue weighted by atomic mass is 10.1. The minimum Gasteiger partial charge on any atom is -0.476 e. The standard InChI is InChI=1S/C12H14N4O2/c1-12(2,3)16-10(8-6-4-5-7-13-8)9(11(17)18)14-15-16/h4-7H,1-3H3,(H,17,18). The second-order valence-electron chi connectivity index (χ2n) is 4.89. The third-order valence-corrected chi connectivity index (χ3v) is 2.42. The third-order valence-electron chi connectivity index (χ3n) is 2.42. The van der Waals surface area contributed by atoms with Crippen LogP contribution in [0.15, 0.2) is 24.4 Å². The molecule has 6 heteroatoms. The molecule has 0 bridgehead atoms. The molecule has 0 radical (unpaired) electrons. The predicted molar refractivity (Wildman–Crippen MR) is 65.2 cm³/mol. The molecule has 0 aliphatic heterocycles. The van der Waals surface area contributed by atoms with Crippen LogP contribution in [-0.4, -0.2) is 31.1 Å². The van der Waals surface area contributed by atoms with Crippen molar-refractivity contribution in [2.75, 3.05) is 0 Å². The monoisotopic (exact) mass is 246 g/mol. The van der Waals surface area contributed by atoms with Gasteiger partial charge in [-0.1, -0.05) is 11.3 Å². The van der Waals surface area contributed by atoms with Gasteiger partial charge in [-0.05, 0) is 32.9 Å². The molecule has 2 heterocycles. The summed E-state index contributed by atoms with van der Waals surface area (Å²) in [5.41, 5.74) is 0.530. The Labute approximate surface area is 104 Å². The van der Waals surface area contributed by atoms with Crippen LogP contribution in [0.5, 0.6) is 0 Å². The lowest BCUT2D eigenvalue weighted by Crippen LogP contribution is -2.24. The van der Waals surface area contributed by atoms with Gasteiger partial charge in [-0.15, -0.1) is 5.10 Å². The molecule has 0 aromatic carbocycles. The molecule has 18 heavy (non-hydrogen) atoms. The number of hydrogen-bond donors (Lipinski definition) is 1. The van der Waals surface area contributed by atoms with E-state index in [0.717, 1.165) is 0 Å². The minimum absolute atomic E-state index is 0.0800. The van der Waals surface area contributed by atoms with Gasteiger partial charge in [-0.3, -0.25) is 4.98 Å². The van der Waals surface area contributed by atoms with Gasteiger partial charge in [0.15, 0.2) is 5.69 Å². The summed E-state index contributed by atoms with van der Waals surface area (Å²) in [5.74, 6) is -1.11. The van der Waals surface area contributed by atoms with E-state index in [0.29, 0.717) is 11.4 Å². The van der Waals surface area contributed by atoms with E-state index in [1.807, 2.05) is 20.8 Å². The number of aromatic carboxylic acids is 1. The maximum Gasteiger partial charge on any atom is 0.358 e. The van der Waals surface area contributed by atoms with Crippen LogP contribution >= 0.6 is 0 Å². The first-order valence-electron chi connectivity index (χ1n) is 5.52. The van der Waals surface area contributed by atoms with Crippen molar-refractivity contribution in [2.45, 2.75) is 26.3 Å². The summed E-state index contributed by atoms with van der Waals surface area (Å²) in [6.07, 6.45) is 1.61. The van der Waals surface area contributed by atoms with Crippen LogP contribution in [-0.2, 0) is 5.54 Å². The maximum absolute atomic E-state index is 11.2. The highest BCUT2D eigenvalue weighted by Crippen LogP contribution is 2.25. The first kappa shape index (κ1) is 12.2. The number of hydrogen-bond acceptors (Lipinski definition) is 4. The second kappa shape index (κ2) is 4.21. The summed E-state index contributed by atoms with van der Waals surface area (Å²) < 4.78 is 1.58. The molecular formula is C12H14N4O2. The van der Waals surface area contributed by atoms with E-state index in [1.165, 1.54) is 0 Å². The molecule has 1 N–H and O–H groups in total. The molecular weight excluding hydrogens is 232 g/mol. The highest BCUT2D eigenvalue weighted by Gasteiger charge is 2.27. The van der Waals surface area contributed by atoms with Crippen molar-refractivity contribution >= 4 is 5.97 Å². The van der Waals surface area contributed by atoms with Crippen LogP contribution in [0.1, 0.15) is 31.3 Å². The Kier molecular flexibility index (Phi) is 2.86. The smallest absolute Gasteiger partial charge is 0.358 e. The first-order chi connectivity index (χ1) is 8.41. The average Bonchev–Trinajstić information content (AvgIpc) is 2.74. The molecule has 0 spiro atoms. The molecule has 2 aromatic rings. The maximum atomic E-state index is 11.2. The Balaban J connectivity index is 2.70. The zero-order valence-electron chi connectivity index (χ0n) is 10.5. The summed E-state index contributed by atoms with van der Waals surface area (Å²) in [7, 11) is 0. The number of nitrogens with zero attached hydrogens (tertiary/aromatic N) is 4. The Morgan fingerprint density at radius 3 is 2.56 bits per heavy atom. The topological polar surface area (TPSA) is 80.9 Å². The SMILES string of the molecule is CC(C)(C)n1nnc(C(=O)O)c1-c1ccccn1. The van der Waals surface area contributed by atoms with E-state index < -0.39 is 5.97 Å². The highest BCUT2D eigenvalue weighted by molar-refractivity contribution is 5.92. The summed E-state index contributed by atoms with van der Waals surface area (Å²) >= 11 is 0. The average molecular weight is 246 g/mol. The lowest BCUT2D eigenvalue weighted by molar-refractivity contribution is 0.0691. The number of carbonyl (C=O) groups is 1. The van der Waals surface area contributed by atoms with Crippen molar-refractivity contribution in [1.29, 1.82) is 0 Å². The molecule has 0 saturated heterocycles. The summed E-state index contributed by atoms with van der Waals surface area (Å²) in [6.45, 7) is 5.79. The van der Waals surface area contributed by atoms with Crippen LogP contribution in [0.3, 0.4) is 0 Å². The number of rotatable bonds is 2. The van der Waals surface area contributed by atoms with E-state index in [4.69, 9.17) is 5.11 Å². The zero-order valence-corrected chi connectivity index (χ0v) is 10.5. The first-order valence-corrected chi connectivity index (χ1v) is 5.52. The largest absolute Gasteiger partial charge is 0.476 e. The Morgan fingerprint density at radius 2 is 2.06 bits per heavy atom. The molecule has 0 amide bonds. The van der Waals surface area contributed by atoms with Gasteiger partial charge in [0.05, 0.1) is 11.2 Å². The Hall–Kier alpha value is -2.24. The van der Waals surface area contributed by atoms with E-state index in [2.05, 4.69) is 15.3 Å². The fraction of sp³-hybridized carbons (Fsp3) is 0.333. The number of pyridine rings is 1. The van der Waals surface area contributed by atoms with Crippen LogP contribution in [0.4, 0.5) is 0 Å². The van der Waals surface area contributed by atoms with Crippen LogP contribution in [0.25, 0.3) is 11.4 Å². The van der Waals surface area contributed by atoms with Crippen LogP contribution in [0, 0.1) is 0 Å². The molecule has 94 valence electrons. The quantitative estimate of drug-likeness (QED) is 0.873. The van der Waals surface area contributed by atoms with Gasteiger partial charge in [0.1, 0.15) is 5.69 Å². The van der Waals surface area contributed by atoms with Gasteiger partial charge in [-0.25, -0.2) is 9.48 Å². The van der Waals surface area contributed by atoms with Gasteiger partial charge in [-0.2, -0.15) is 0 Å². The molecule has 0 unspecified atom stereocenters.